The van der Waals surface area contributed by atoms with Crippen molar-refractivity contribution in [2.24, 2.45) is 0 Å². The second-order valence-corrected chi connectivity index (χ2v) is 0. The highest BCUT2D eigenvalue weighted by Crippen LogP contribution is 0.422. The minimum Gasteiger partial charge on any atom is -0.344 e. The molecule has 0 aliphatic heterocycles. The van der Waals surface area contributed by atoms with E-state index in [1.54, 1.807) is 0 Å². The van der Waals surface area contributed by atoms with Gasteiger partial charge in [0.2, 0.25) is 0 Å². The number of rotatable bonds is 0. The largest absolute Gasteiger partial charge is 0.344 e. The van der Waals surface area contributed by atoms with E-state index in [2.05, 4.69) is 0 Å². The highest BCUT2D eigenvalue weighted by atomic mass is 19.0. The van der Waals surface area contributed by atoms with Crippen molar-refractivity contribution in [2.45, 2.75) is 0 Å². The molecule has 0 aromatic heterocycles. The maximum absolute atomic E-state index is 0. The molecule has 0 aliphatic rings. The summed E-state index contributed by atoms with van der Waals surface area (Å²) in [7, 11) is 0. The number of halogens is 3. The third kappa shape index (κ3) is 15.8. The van der Waals surface area contributed by atoms with Crippen LogP contribution in [0.4, 0.5) is 14.1 Å². The average Bonchev–Trinajstić information content (AvgIpc) is 0. The lowest BCUT2D eigenvalue weighted by Gasteiger charge is -0.344. The van der Waals surface area contributed by atoms with Crippen molar-refractivity contribution in [1.29, 1.82) is 0 Å². The van der Waals surface area contributed by atoms with Crippen LogP contribution in [0, 0.1) is 0 Å². The molecule has 1 nitrogen and oxygen atoms in total. The van der Waals surface area contributed by atoms with Gasteiger partial charge >= 0.3 is 0 Å². The fraction of sp³-hybridized carbons (Fsp3) is 0. The molecule has 0 fully saturated rings. The molecule has 0 saturated carbocycles. The maximum Gasteiger partial charge on any atom is -0.269 e. The van der Waals surface area contributed by atoms with E-state index in [0.29, 0.717) is 0 Å². The van der Waals surface area contributed by atoms with Crippen LogP contribution in [-0.2, 0) is 0 Å². The summed E-state index contributed by atoms with van der Waals surface area (Å²) in [6.07, 6.45) is 0. The standard InChI is InChI=1S/3FH.H3N/h3*1H;1H3. The lowest BCUT2D eigenvalue weighted by molar-refractivity contribution is 1.11. The van der Waals surface area contributed by atoms with Crippen LogP contribution < -0.4 is 6.15 Å². The number of hydrogen-bond donors (Lipinski definition) is 1. The minimum atomic E-state index is 0. The van der Waals surface area contributed by atoms with E-state index in [1.807, 2.05) is 0 Å². The van der Waals surface area contributed by atoms with Crippen LogP contribution in [0.5, 0.6) is 0 Å². The van der Waals surface area contributed by atoms with Gasteiger partial charge in [0.15, 0.2) is 0 Å². The Hall–Kier alpha value is -0.250. The summed E-state index contributed by atoms with van der Waals surface area (Å²) in [4.78, 5) is 0. The Labute approximate surface area is 21.7 Å². The summed E-state index contributed by atoms with van der Waals surface area (Å²) in [6.45, 7) is 0. The van der Waals surface area contributed by atoms with Gasteiger partial charge in [-0.25, -0.2) is 0 Å². The summed E-state index contributed by atoms with van der Waals surface area (Å²) >= 11 is 0. The van der Waals surface area contributed by atoms with Crippen LogP contribution >= 0.6 is 0 Å². The topological polar surface area (TPSA) is 35.0 Å². The average molecular weight is 77.0 g/mol. The van der Waals surface area contributed by atoms with Gasteiger partial charge in [-0.15, -0.1) is 0 Å². The van der Waals surface area contributed by atoms with Crippen LogP contribution in [-0.4, -0.2) is 0 Å². The van der Waals surface area contributed by atoms with Crippen LogP contribution in [0.25, 0.3) is 0 Å². The van der Waals surface area contributed by atoms with E-state index in [-0.39, 0.29) is 20.3 Å². The molecule has 0 atom stereocenters. The van der Waals surface area contributed by atoms with Gasteiger partial charge in [-0.2, -0.15) is 0 Å². The molecule has 3 N–H and O–H groups in total. The molecule has 32 valence electrons. The minimum absolute atomic E-state index is 0. The van der Waals surface area contributed by atoms with Gasteiger partial charge in [-0.1, -0.05) is 0 Å². The monoisotopic (exact) mass is 77.0 g/mol. The molecule has 4 heteroatoms. The Morgan fingerprint density at radius 2 is 0.500 bits per heavy atom. The van der Waals surface area contributed by atoms with Crippen molar-refractivity contribution >= 4 is 0 Å². The molecule has 0 unspecified atom stereocenters. The second-order valence-electron chi connectivity index (χ2n) is 0. The van der Waals surface area contributed by atoms with E-state index in [0.717, 1.165) is 0 Å². The highest BCUT2D eigenvalue weighted by Gasteiger charge is -0.267. The first-order valence-corrected chi connectivity index (χ1v) is 0. The fourth-order valence-corrected chi connectivity index (χ4v) is 0. The van der Waals surface area contributed by atoms with Gasteiger partial charge in [-0.05, 0) is 0 Å². The van der Waals surface area contributed by atoms with Gasteiger partial charge in [0.25, 0.3) is 0 Å². The van der Waals surface area contributed by atoms with E-state index in [9.17, 15) is 0 Å². The van der Waals surface area contributed by atoms with E-state index in [4.69, 9.17) is 0 Å². The van der Waals surface area contributed by atoms with Crippen molar-refractivity contribution in [2.75, 3.05) is 0 Å². The van der Waals surface area contributed by atoms with E-state index >= 15 is 0 Å². The Balaban J connectivity index is 0. The van der Waals surface area contributed by atoms with Crippen LogP contribution in [0.1, 0.15) is 0 Å². The van der Waals surface area contributed by atoms with Crippen LogP contribution in [0.2, 0.25) is 0 Å². The Kier molecular flexibility index (Phi) is 15300. The molecule has 0 amide bonds. The van der Waals surface area contributed by atoms with Crippen molar-refractivity contribution in [3.63, 3.8) is 0 Å². The molecular weight excluding hydrogens is 71.0 g/mol. The van der Waals surface area contributed by atoms with Crippen molar-refractivity contribution in [3.05, 3.63) is 0 Å². The van der Waals surface area contributed by atoms with Crippen molar-refractivity contribution < 1.29 is 14.1 Å². The fourth-order valence-electron chi connectivity index (χ4n) is 0. The summed E-state index contributed by atoms with van der Waals surface area (Å²) < 4.78 is 0. The third-order valence-corrected chi connectivity index (χ3v) is 0. The second kappa shape index (κ2) is 135. The molecule has 0 rings (SSSR count). The van der Waals surface area contributed by atoms with Crippen molar-refractivity contribution in [1.82, 2.24) is 6.15 Å². The first-order valence-electron chi connectivity index (χ1n) is 0. The first kappa shape index (κ1) is 454. The third-order valence-electron chi connectivity index (χ3n) is 0. The predicted octanol–water partition coefficient (Wildman–Crippen LogP) is 0.620. The Morgan fingerprint density at radius 1 is 0.500 bits per heavy atom. The molecule has 0 aliphatic carbocycles. The maximum atomic E-state index is 0. The van der Waals surface area contributed by atoms with E-state index < -0.39 is 0 Å². The Morgan fingerprint density at radius 3 is 0.500 bits per heavy atom. The zero-order chi connectivity index (χ0) is 0. The zero-order valence-corrected chi connectivity index (χ0v) is 1.93. The lowest BCUT2D eigenvalue weighted by Crippen LogP contribution is -0.481. The normalized spacial score (nSPS) is 0. The first-order chi connectivity index (χ1) is 0. The van der Waals surface area contributed by atoms with Crippen LogP contribution in [0.3, 0.4) is 0 Å². The smallest absolute Gasteiger partial charge is 0.269 e. The summed E-state index contributed by atoms with van der Waals surface area (Å²) in [6, 6.07) is 0. The van der Waals surface area contributed by atoms with Gasteiger partial charge in [0.05, 0.1) is 0 Å². The SMILES string of the molecule is F.F.F.N. The lowest BCUT2D eigenvalue weighted by atomic mass is 14.0. The highest BCUT2D eigenvalue weighted by molar-refractivity contribution is 2.13. The molecule has 0 heterocycles. The molecule has 0 radical (unpaired) electrons. The quantitative estimate of drug-likeness (QED) is 0.452. The Bertz CT molecular complexity index is 3.25. The molecule has 4 heavy (non-hydrogen) atoms. The predicted molar refractivity (Wildman–Crippen MR) is 12.5 cm³/mol. The van der Waals surface area contributed by atoms with Gasteiger partial charge in [-0.3, -0.25) is 14.1 Å². The summed E-state index contributed by atoms with van der Waals surface area (Å²) in [5.41, 5.74) is 0. The summed E-state index contributed by atoms with van der Waals surface area (Å²) in [5.74, 6) is 0. The molecule has 0 bridgehead atoms. The van der Waals surface area contributed by atoms with Crippen molar-refractivity contribution in [3.8, 4) is 0 Å². The van der Waals surface area contributed by atoms with Gasteiger partial charge < -0.3 is 6.15 Å². The molecule has 0 aromatic rings. The van der Waals surface area contributed by atoms with Gasteiger partial charge in [0, 0.05) is 0 Å². The molecule has 0 aromatic carbocycles. The van der Waals surface area contributed by atoms with E-state index in [1.165, 1.54) is 0 Å². The summed E-state index contributed by atoms with van der Waals surface area (Å²) in [5, 5.41) is 0. The number of hydrogen-bond acceptors (Lipinski definition) is 1. The molecular formula is H6F3N. The van der Waals surface area contributed by atoms with Crippen LogP contribution in [0.15, 0.2) is 0 Å². The van der Waals surface area contributed by atoms with Gasteiger partial charge in [0.1, 0.15) is 0 Å². The molecule has 0 spiro atoms. The zero-order valence-electron chi connectivity index (χ0n) is 1.93. The molecule has 0 saturated heterocycles.